The van der Waals surface area contributed by atoms with Gasteiger partial charge < -0.3 is 10.1 Å². The Morgan fingerprint density at radius 2 is 2.33 bits per heavy atom. The zero-order valence-electron chi connectivity index (χ0n) is 10.5. The molecule has 0 spiro atoms. The second kappa shape index (κ2) is 4.82. The summed E-state index contributed by atoms with van der Waals surface area (Å²) in [7, 11) is 1.94. The molecule has 1 aliphatic heterocycles. The summed E-state index contributed by atoms with van der Waals surface area (Å²) < 4.78 is 7.49. The van der Waals surface area contributed by atoms with E-state index in [1.54, 1.807) is 0 Å². The molecule has 1 atom stereocenters. The molecule has 4 nitrogen and oxygen atoms in total. The Bertz CT molecular complexity index is 535. The van der Waals surface area contributed by atoms with Crippen LogP contribution in [0.1, 0.15) is 17.0 Å². The van der Waals surface area contributed by atoms with Gasteiger partial charge in [0.1, 0.15) is 5.75 Å². The third-order valence-corrected chi connectivity index (χ3v) is 3.28. The summed E-state index contributed by atoms with van der Waals surface area (Å²) in [5, 5.41) is 7.62. The molecule has 1 aromatic carbocycles. The summed E-state index contributed by atoms with van der Waals surface area (Å²) in [6.45, 7) is 2.57. The third kappa shape index (κ3) is 2.24. The van der Waals surface area contributed by atoms with Crippen molar-refractivity contribution >= 4 is 0 Å². The molecule has 0 fully saturated rings. The molecular weight excluding hydrogens is 226 g/mol. The minimum absolute atomic E-state index is 0.456. The second-order valence-electron chi connectivity index (χ2n) is 4.70. The highest BCUT2D eigenvalue weighted by atomic mass is 16.5. The molecule has 0 amide bonds. The minimum atomic E-state index is 0.456. The topological polar surface area (TPSA) is 39.1 Å². The summed E-state index contributed by atoms with van der Waals surface area (Å²) in [5.41, 5.74) is 2.53. The van der Waals surface area contributed by atoms with Crippen molar-refractivity contribution in [1.82, 2.24) is 15.1 Å². The molecule has 1 aromatic heterocycles. The highest BCUT2D eigenvalue weighted by molar-refractivity contribution is 5.39. The van der Waals surface area contributed by atoms with Gasteiger partial charge in [-0.05, 0) is 6.07 Å². The van der Waals surface area contributed by atoms with Crippen molar-refractivity contribution < 1.29 is 4.74 Å². The standard InChI is InChI=1S/C14H17N3O/c1-17-9-11(7-16-17)6-15-8-12-10-18-14-5-3-2-4-13(12)14/h2-5,7,9,12,15H,6,8,10H2,1H3. The van der Waals surface area contributed by atoms with Crippen LogP contribution in [-0.4, -0.2) is 22.9 Å². The maximum Gasteiger partial charge on any atom is 0.122 e. The average molecular weight is 243 g/mol. The van der Waals surface area contributed by atoms with E-state index >= 15 is 0 Å². The van der Waals surface area contributed by atoms with Gasteiger partial charge in [-0.2, -0.15) is 5.10 Å². The molecule has 0 saturated heterocycles. The summed E-state index contributed by atoms with van der Waals surface area (Å²) in [5.74, 6) is 1.49. The Morgan fingerprint density at radius 1 is 1.44 bits per heavy atom. The summed E-state index contributed by atoms with van der Waals surface area (Å²) in [6.07, 6.45) is 3.93. The lowest BCUT2D eigenvalue weighted by atomic mass is 10.0. The molecule has 94 valence electrons. The molecular formula is C14H17N3O. The average Bonchev–Trinajstić information content (AvgIpc) is 2.97. The largest absolute Gasteiger partial charge is 0.493 e. The van der Waals surface area contributed by atoms with E-state index in [1.807, 2.05) is 36.3 Å². The number of hydrogen-bond donors (Lipinski definition) is 1. The molecule has 0 bridgehead atoms. The van der Waals surface area contributed by atoms with Gasteiger partial charge in [-0.15, -0.1) is 0 Å². The van der Waals surface area contributed by atoms with E-state index in [-0.39, 0.29) is 0 Å². The van der Waals surface area contributed by atoms with Crippen molar-refractivity contribution in [3.05, 3.63) is 47.8 Å². The first kappa shape index (κ1) is 11.3. The molecule has 18 heavy (non-hydrogen) atoms. The second-order valence-corrected chi connectivity index (χ2v) is 4.70. The maximum absolute atomic E-state index is 5.66. The van der Waals surface area contributed by atoms with Gasteiger partial charge in [0.15, 0.2) is 0 Å². The van der Waals surface area contributed by atoms with Crippen LogP contribution in [0, 0.1) is 0 Å². The number of nitrogens with one attached hydrogen (secondary N) is 1. The normalized spacial score (nSPS) is 17.5. The van der Waals surface area contributed by atoms with Gasteiger partial charge in [-0.25, -0.2) is 0 Å². The molecule has 0 aliphatic carbocycles. The third-order valence-electron chi connectivity index (χ3n) is 3.28. The fourth-order valence-electron chi connectivity index (χ4n) is 2.35. The lowest BCUT2D eigenvalue weighted by Gasteiger charge is -2.09. The van der Waals surface area contributed by atoms with Crippen LogP contribution in [-0.2, 0) is 13.6 Å². The molecule has 2 aromatic rings. The molecule has 0 radical (unpaired) electrons. The van der Waals surface area contributed by atoms with E-state index < -0.39 is 0 Å². The van der Waals surface area contributed by atoms with Crippen LogP contribution in [0.15, 0.2) is 36.7 Å². The van der Waals surface area contributed by atoms with Crippen molar-refractivity contribution in [2.75, 3.05) is 13.2 Å². The van der Waals surface area contributed by atoms with Crippen molar-refractivity contribution in [3.63, 3.8) is 0 Å². The smallest absolute Gasteiger partial charge is 0.122 e. The van der Waals surface area contributed by atoms with E-state index in [4.69, 9.17) is 4.74 Å². The van der Waals surface area contributed by atoms with Crippen LogP contribution in [0.3, 0.4) is 0 Å². The molecule has 3 rings (SSSR count). The van der Waals surface area contributed by atoms with E-state index in [9.17, 15) is 0 Å². The van der Waals surface area contributed by atoms with Gasteiger partial charge in [0.05, 0.1) is 12.8 Å². The van der Waals surface area contributed by atoms with Crippen molar-refractivity contribution in [2.24, 2.45) is 7.05 Å². The highest BCUT2D eigenvalue weighted by Gasteiger charge is 2.22. The van der Waals surface area contributed by atoms with Gasteiger partial charge in [0.25, 0.3) is 0 Å². The predicted octanol–water partition coefficient (Wildman–Crippen LogP) is 1.69. The summed E-state index contributed by atoms with van der Waals surface area (Å²) in [4.78, 5) is 0. The molecule has 1 N–H and O–H groups in total. The van der Waals surface area contributed by atoms with Gasteiger partial charge in [0.2, 0.25) is 0 Å². The van der Waals surface area contributed by atoms with Crippen molar-refractivity contribution in [2.45, 2.75) is 12.5 Å². The number of aromatic nitrogens is 2. The van der Waals surface area contributed by atoms with Gasteiger partial charge >= 0.3 is 0 Å². The first-order chi connectivity index (χ1) is 8.83. The van der Waals surface area contributed by atoms with Crippen LogP contribution in [0.25, 0.3) is 0 Å². The van der Waals surface area contributed by atoms with Crippen LogP contribution >= 0.6 is 0 Å². The van der Waals surface area contributed by atoms with Crippen molar-refractivity contribution in [3.8, 4) is 5.75 Å². The molecule has 1 aliphatic rings. The molecule has 4 heteroatoms. The van der Waals surface area contributed by atoms with E-state index in [1.165, 1.54) is 11.1 Å². The number of hydrogen-bond acceptors (Lipinski definition) is 3. The maximum atomic E-state index is 5.66. The summed E-state index contributed by atoms with van der Waals surface area (Å²) >= 11 is 0. The SMILES string of the molecule is Cn1cc(CNCC2COc3ccccc32)cn1. The lowest BCUT2D eigenvalue weighted by Crippen LogP contribution is -2.21. The van der Waals surface area contributed by atoms with Crippen LogP contribution in [0.4, 0.5) is 0 Å². The first-order valence-corrected chi connectivity index (χ1v) is 6.23. The quantitative estimate of drug-likeness (QED) is 0.888. The Hall–Kier alpha value is -1.81. The fraction of sp³-hybridized carbons (Fsp3) is 0.357. The number of fused-ring (bicyclic) bond motifs is 1. The van der Waals surface area contributed by atoms with E-state index in [0.29, 0.717) is 5.92 Å². The summed E-state index contributed by atoms with van der Waals surface area (Å²) in [6, 6.07) is 8.28. The molecule has 2 heterocycles. The van der Waals surface area contributed by atoms with Crippen LogP contribution in [0.5, 0.6) is 5.75 Å². The monoisotopic (exact) mass is 243 g/mol. The Balaban J connectivity index is 1.56. The number of aryl methyl sites for hydroxylation is 1. The predicted molar refractivity (Wildman–Crippen MR) is 69.6 cm³/mol. The Kier molecular flexibility index (Phi) is 3.02. The first-order valence-electron chi connectivity index (χ1n) is 6.23. The van der Waals surface area contributed by atoms with Gasteiger partial charge in [-0.1, -0.05) is 18.2 Å². The number of nitrogens with zero attached hydrogens (tertiary/aromatic N) is 2. The highest BCUT2D eigenvalue weighted by Crippen LogP contribution is 2.32. The van der Waals surface area contributed by atoms with Crippen molar-refractivity contribution in [1.29, 1.82) is 0 Å². The van der Waals surface area contributed by atoms with Gasteiger partial charge in [0, 0.05) is 43.4 Å². The zero-order chi connectivity index (χ0) is 12.4. The Morgan fingerprint density at radius 3 is 3.17 bits per heavy atom. The van der Waals surface area contributed by atoms with E-state index in [0.717, 1.165) is 25.4 Å². The van der Waals surface area contributed by atoms with Crippen LogP contribution < -0.4 is 10.1 Å². The van der Waals surface area contributed by atoms with E-state index in [2.05, 4.69) is 22.5 Å². The van der Waals surface area contributed by atoms with Crippen LogP contribution in [0.2, 0.25) is 0 Å². The molecule has 1 unspecified atom stereocenters. The number of para-hydroxylation sites is 1. The minimum Gasteiger partial charge on any atom is -0.493 e. The lowest BCUT2D eigenvalue weighted by molar-refractivity contribution is 0.326. The fourth-order valence-corrected chi connectivity index (χ4v) is 2.35. The number of rotatable bonds is 4. The number of ether oxygens (including phenoxy) is 1. The number of benzene rings is 1. The zero-order valence-corrected chi connectivity index (χ0v) is 10.5. The molecule has 0 saturated carbocycles. The van der Waals surface area contributed by atoms with Gasteiger partial charge in [-0.3, -0.25) is 4.68 Å². The Labute approximate surface area is 107 Å².